The first kappa shape index (κ1) is 18.0. The van der Waals surface area contributed by atoms with Crippen molar-refractivity contribution < 1.29 is 19.1 Å². The van der Waals surface area contributed by atoms with Gasteiger partial charge in [-0.1, -0.05) is 25.1 Å². The Balaban J connectivity index is 1.37. The van der Waals surface area contributed by atoms with Crippen molar-refractivity contribution in [3.63, 3.8) is 0 Å². The van der Waals surface area contributed by atoms with Crippen LogP contribution < -0.4 is 19.3 Å². The van der Waals surface area contributed by atoms with E-state index in [1.807, 2.05) is 41.3 Å². The summed E-state index contributed by atoms with van der Waals surface area (Å²) in [5, 5.41) is 0. The molecule has 29 heavy (non-hydrogen) atoms. The third-order valence-electron chi connectivity index (χ3n) is 5.92. The number of para-hydroxylation sites is 1. The molecule has 0 aromatic heterocycles. The topological polar surface area (TPSA) is 59.1 Å². The normalized spacial score (nSPS) is 23.1. The lowest BCUT2D eigenvalue weighted by Crippen LogP contribution is -2.43. The van der Waals surface area contributed by atoms with Crippen molar-refractivity contribution in [2.24, 2.45) is 11.8 Å². The minimum atomic E-state index is -0.339. The van der Waals surface area contributed by atoms with Crippen LogP contribution in [-0.4, -0.2) is 38.1 Å². The molecular formula is C23H24N2O4. The van der Waals surface area contributed by atoms with E-state index in [4.69, 9.17) is 9.47 Å². The maximum Gasteiger partial charge on any atom is 0.232 e. The lowest BCUT2D eigenvalue weighted by Gasteiger charge is -2.34. The Bertz CT molecular complexity index is 973. The number of fused-ring (bicyclic) bond motifs is 2. The van der Waals surface area contributed by atoms with Gasteiger partial charge in [0.2, 0.25) is 11.8 Å². The van der Waals surface area contributed by atoms with Crippen molar-refractivity contribution in [3.8, 4) is 11.5 Å². The molecule has 2 amide bonds. The summed E-state index contributed by atoms with van der Waals surface area (Å²) < 4.78 is 11.2. The average molecular weight is 392 g/mol. The van der Waals surface area contributed by atoms with Gasteiger partial charge in [0.05, 0.1) is 5.92 Å². The SMILES string of the molecule is CC1Cc2ccccc2N(C(=O)C2CC(=O)N(c3ccc4c(c3)OCCO4)C2)C1. The second kappa shape index (κ2) is 7.10. The number of rotatable bonds is 2. The molecule has 6 heteroatoms. The Kier molecular flexibility index (Phi) is 4.42. The third-order valence-corrected chi connectivity index (χ3v) is 5.92. The number of benzene rings is 2. The Labute approximate surface area is 170 Å². The Morgan fingerprint density at radius 1 is 1.00 bits per heavy atom. The number of carbonyl (C=O) groups is 2. The van der Waals surface area contributed by atoms with Crippen LogP contribution in [0.5, 0.6) is 11.5 Å². The summed E-state index contributed by atoms with van der Waals surface area (Å²) in [7, 11) is 0. The molecule has 0 spiro atoms. The molecule has 2 atom stereocenters. The van der Waals surface area contributed by atoms with Crippen LogP contribution in [0.1, 0.15) is 18.9 Å². The van der Waals surface area contributed by atoms with Crippen molar-refractivity contribution >= 4 is 23.2 Å². The summed E-state index contributed by atoms with van der Waals surface area (Å²) in [6.45, 7) is 4.28. The Hall–Kier alpha value is -3.02. The summed E-state index contributed by atoms with van der Waals surface area (Å²) >= 11 is 0. The zero-order chi connectivity index (χ0) is 20.0. The highest BCUT2D eigenvalue weighted by molar-refractivity contribution is 6.05. The van der Waals surface area contributed by atoms with Crippen LogP contribution in [0.4, 0.5) is 11.4 Å². The van der Waals surface area contributed by atoms with E-state index in [1.54, 1.807) is 4.90 Å². The summed E-state index contributed by atoms with van der Waals surface area (Å²) in [5.41, 5.74) is 2.94. The molecule has 2 unspecified atom stereocenters. The molecule has 1 fully saturated rings. The predicted octanol–water partition coefficient (Wildman–Crippen LogP) is 3.04. The van der Waals surface area contributed by atoms with Gasteiger partial charge in [0.1, 0.15) is 13.2 Å². The van der Waals surface area contributed by atoms with Crippen molar-refractivity contribution in [2.75, 3.05) is 36.1 Å². The van der Waals surface area contributed by atoms with E-state index in [1.165, 1.54) is 5.56 Å². The highest BCUT2D eigenvalue weighted by atomic mass is 16.6. The average Bonchev–Trinajstić information content (AvgIpc) is 3.14. The van der Waals surface area contributed by atoms with Gasteiger partial charge in [0.15, 0.2) is 11.5 Å². The molecule has 5 rings (SSSR count). The van der Waals surface area contributed by atoms with E-state index >= 15 is 0 Å². The highest BCUT2D eigenvalue weighted by Crippen LogP contribution is 2.37. The lowest BCUT2D eigenvalue weighted by atomic mass is 9.92. The fourth-order valence-electron chi connectivity index (χ4n) is 4.55. The maximum atomic E-state index is 13.4. The van der Waals surface area contributed by atoms with Crippen molar-refractivity contribution in [1.82, 2.24) is 0 Å². The molecule has 6 nitrogen and oxygen atoms in total. The molecule has 1 saturated heterocycles. The van der Waals surface area contributed by atoms with E-state index in [9.17, 15) is 9.59 Å². The Morgan fingerprint density at radius 3 is 2.66 bits per heavy atom. The third kappa shape index (κ3) is 3.22. The van der Waals surface area contributed by atoms with Gasteiger partial charge in [0, 0.05) is 37.0 Å². The second-order valence-corrected chi connectivity index (χ2v) is 8.12. The van der Waals surface area contributed by atoms with Gasteiger partial charge < -0.3 is 19.3 Å². The van der Waals surface area contributed by atoms with Gasteiger partial charge in [-0.25, -0.2) is 0 Å². The van der Waals surface area contributed by atoms with E-state index in [2.05, 4.69) is 13.0 Å². The van der Waals surface area contributed by atoms with Crippen molar-refractivity contribution in [3.05, 3.63) is 48.0 Å². The van der Waals surface area contributed by atoms with E-state index in [0.29, 0.717) is 43.7 Å². The van der Waals surface area contributed by atoms with E-state index in [-0.39, 0.29) is 24.2 Å². The molecule has 0 radical (unpaired) electrons. The molecule has 3 heterocycles. The quantitative estimate of drug-likeness (QED) is 0.788. The number of nitrogens with zero attached hydrogens (tertiary/aromatic N) is 2. The van der Waals surface area contributed by atoms with Gasteiger partial charge in [-0.15, -0.1) is 0 Å². The summed E-state index contributed by atoms with van der Waals surface area (Å²) in [6, 6.07) is 13.6. The first-order chi connectivity index (χ1) is 14.1. The summed E-state index contributed by atoms with van der Waals surface area (Å²) in [4.78, 5) is 29.7. The van der Waals surface area contributed by atoms with Crippen LogP contribution in [-0.2, 0) is 16.0 Å². The zero-order valence-corrected chi connectivity index (χ0v) is 16.5. The second-order valence-electron chi connectivity index (χ2n) is 8.12. The van der Waals surface area contributed by atoms with Crippen LogP contribution in [0.3, 0.4) is 0 Å². The van der Waals surface area contributed by atoms with Crippen LogP contribution in [0.15, 0.2) is 42.5 Å². The van der Waals surface area contributed by atoms with Crippen molar-refractivity contribution in [2.45, 2.75) is 19.8 Å². The molecule has 0 saturated carbocycles. The van der Waals surface area contributed by atoms with E-state index < -0.39 is 0 Å². The standard InChI is InChI=1S/C23H24N2O4/c1-15-10-16-4-2-3-5-19(16)25(13-15)23(27)17-11-22(26)24(14-17)18-6-7-20-21(12-18)29-9-8-28-20/h2-7,12,15,17H,8-11,13-14H2,1H3. The predicted molar refractivity (Wildman–Crippen MR) is 110 cm³/mol. The number of hydrogen-bond acceptors (Lipinski definition) is 4. The molecule has 2 aromatic rings. The molecule has 0 aliphatic carbocycles. The van der Waals surface area contributed by atoms with Crippen molar-refractivity contribution in [1.29, 1.82) is 0 Å². The minimum absolute atomic E-state index is 0.0293. The molecule has 2 aromatic carbocycles. The van der Waals surface area contributed by atoms with Gasteiger partial charge in [-0.05, 0) is 36.1 Å². The molecular weight excluding hydrogens is 368 g/mol. The fourth-order valence-corrected chi connectivity index (χ4v) is 4.55. The van der Waals surface area contributed by atoms with Gasteiger partial charge in [0.25, 0.3) is 0 Å². The molecule has 3 aliphatic rings. The number of carbonyl (C=O) groups excluding carboxylic acids is 2. The monoisotopic (exact) mass is 392 g/mol. The number of hydrogen-bond donors (Lipinski definition) is 0. The molecule has 150 valence electrons. The molecule has 0 bridgehead atoms. The molecule has 0 N–H and O–H groups in total. The first-order valence-electron chi connectivity index (χ1n) is 10.2. The summed E-state index contributed by atoms with van der Waals surface area (Å²) in [5.74, 6) is 1.41. The van der Waals surface area contributed by atoms with Crippen LogP contribution >= 0.6 is 0 Å². The maximum absolute atomic E-state index is 13.4. The van der Waals surface area contributed by atoms with Gasteiger partial charge in [-0.3, -0.25) is 9.59 Å². The highest BCUT2D eigenvalue weighted by Gasteiger charge is 2.39. The van der Waals surface area contributed by atoms with Crippen LogP contribution in [0, 0.1) is 11.8 Å². The Morgan fingerprint density at radius 2 is 1.79 bits per heavy atom. The number of ether oxygens (including phenoxy) is 2. The largest absolute Gasteiger partial charge is 0.486 e. The van der Waals surface area contributed by atoms with Crippen LogP contribution in [0.25, 0.3) is 0 Å². The van der Waals surface area contributed by atoms with Gasteiger partial charge in [-0.2, -0.15) is 0 Å². The first-order valence-corrected chi connectivity index (χ1v) is 10.2. The summed E-state index contributed by atoms with van der Waals surface area (Å²) in [6.07, 6.45) is 1.22. The van der Waals surface area contributed by atoms with E-state index in [0.717, 1.165) is 17.8 Å². The zero-order valence-electron chi connectivity index (χ0n) is 16.5. The van der Waals surface area contributed by atoms with Gasteiger partial charge >= 0.3 is 0 Å². The number of anilines is 2. The molecule has 3 aliphatic heterocycles. The lowest BCUT2D eigenvalue weighted by molar-refractivity contribution is -0.124. The fraction of sp³-hybridized carbons (Fsp3) is 0.391. The number of amides is 2. The minimum Gasteiger partial charge on any atom is -0.486 e. The smallest absolute Gasteiger partial charge is 0.232 e. The van der Waals surface area contributed by atoms with Crippen LogP contribution in [0.2, 0.25) is 0 Å².